The molecule has 1 aromatic heterocycles. The van der Waals surface area contributed by atoms with E-state index in [1.807, 2.05) is 48.5 Å². The second-order valence-corrected chi connectivity index (χ2v) is 9.03. The van der Waals surface area contributed by atoms with Crippen LogP contribution < -0.4 is 15.1 Å². The Balaban J connectivity index is 1.47. The molecule has 0 saturated heterocycles. The summed E-state index contributed by atoms with van der Waals surface area (Å²) in [7, 11) is 1.39. The fourth-order valence-electron chi connectivity index (χ4n) is 4.82. The van der Waals surface area contributed by atoms with Gasteiger partial charge in [0.1, 0.15) is 0 Å². The molecule has 1 aliphatic heterocycles. The maximum atomic E-state index is 13.7. The second kappa shape index (κ2) is 8.75. The predicted octanol–water partition coefficient (Wildman–Crippen LogP) is 5.27. The smallest absolute Gasteiger partial charge is 0.413 e. The third-order valence-electron chi connectivity index (χ3n) is 6.70. The quantitative estimate of drug-likeness (QED) is 0.258. The maximum Gasteiger partial charge on any atom is 0.413 e. The lowest BCUT2D eigenvalue weighted by molar-refractivity contribution is 0.0704. The SMILES string of the molecule is CN(C(=O)O)c1nc2cc(C3(O)c4ccccc4C(=O)N3c3cccc(Nc4ccccc4)c3)ccc2[nH]1. The van der Waals surface area contributed by atoms with Crippen LogP contribution in [0.15, 0.2) is 97.1 Å². The Morgan fingerprint density at radius 1 is 0.947 bits per heavy atom. The lowest BCUT2D eigenvalue weighted by Crippen LogP contribution is -2.45. The minimum absolute atomic E-state index is 0.149. The van der Waals surface area contributed by atoms with Gasteiger partial charge in [0.05, 0.1) is 11.0 Å². The molecule has 6 rings (SSSR count). The number of carboxylic acid groups (broad SMARTS) is 1. The van der Waals surface area contributed by atoms with E-state index in [2.05, 4.69) is 15.3 Å². The third kappa shape index (κ3) is 3.64. The molecule has 4 aromatic carbocycles. The van der Waals surface area contributed by atoms with Gasteiger partial charge >= 0.3 is 6.09 Å². The molecule has 188 valence electrons. The van der Waals surface area contributed by atoms with Crippen LogP contribution in [0.4, 0.5) is 27.8 Å². The van der Waals surface area contributed by atoms with Crippen molar-refractivity contribution >= 4 is 46.0 Å². The van der Waals surface area contributed by atoms with Crippen molar-refractivity contribution in [1.29, 1.82) is 0 Å². The van der Waals surface area contributed by atoms with Gasteiger partial charge in [-0.1, -0.05) is 48.5 Å². The standard InChI is InChI=1S/C29H23N5O4/c1-33(28(36)37)27-31-24-15-14-18(16-25(24)32-27)29(38)23-13-6-5-12-22(23)26(35)34(29)21-11-7-10-20(17-21)30-19-8-3-2-4-9-19/h2-17,30,38H,1H3,(H,31,32)(H,36,37). The van der Waals surface area contributed by atoms with E-state index in [-0.39, 0.29) is 11.9 Å². The van der Waals surface area contributed by atoms with E-state index in [4.69, 9.17) is 0 Å². The molecule has 2 heterocycles. The highest BCUT2D eigenvalue weighted by Gasteiger charge is 2.50. The van der Waals surface area contributed by atoms with E-state index in [9.17, 15) is 19.8 Å². The van der Waals surface area contributed by atoms with Crippen molar-refractivity contribution in [2.24, 2.45) is 0 Å². The molecule has 1 aliphatic rings. The van der Waals surface area contributed by atoms with Crippen LogP contribution >= 0.6 is 0 Å². The van der Waals surface area contributed by atoms with Gasteiger partial charge in [-0.05, 0) is 48.5 Å². The number of nitrogens with zero attached hydrogens (tertiary/aromatic N) is 3. The van der Waals surface area contributed by atoms with Crippen molar-refractivity contribution < 1.29 is 19.8 Å². The van der Waals surface area contributed by atoms with E-state index < -0.39 is 11.8 Å². The molecule has 9 heteroatoms. The first-order chi connectivity index (χ1) is 18.4. The molecule has 0 radical (unpaired) electrons. The molecular weight excluding hydrogens is 482 g/mol. The number of aromatic amines is 1. The van der Waals surface area contributed by atoms with Crippen LogP contribution in [0, 0.1) is 0 Å². The van der Waals surface area contributed by atoms with Crippen molar-refractivity contribution in [2.45, 2.75) is 5.72 Å². The van der Waals surface area contributed by atoms with Crippen molar-refractivity contribution in [2.75, 3.05) is 22.2 Å². The Kier molecular flexibility index (Phi) is 5.36. The Morgan fingerprint density at radius 3 is 2.47 bits per heavy atom. The maximum absolute atomic E-state index is 13.7. The minimum Gasteiger partial charge on any atom is -0.465 e. The van der Waals surface area contributed by atoms with Gasteiger partial charge in [0.25, 0.3) is 5.91 Å². The molecule has 4 N–H and O–H groups in total. The summed E-state index contributed by atoms with van der Waals surface area (Å²) in [6.45, 7) is 0. The zero-order valence-corrected chi connectivity index (χ0v) is 20.3. The fraction of sp³-hybridized carbons (Fsp3) is 0.0690. The van der Waals surface area contributed by atoms with Gasteiger partial charge in [-0.3, -0.25) is 14.6 Å². The average Bonchev–Trinajstić information content (AvgIpc) is 3.46. The van der Waals surface area contributed by atoms with E-state index in [1.54, 1.807) is 48.5 Å². The second-order valence-electron chi connectivity index (χ2n) is 9.03. The summed E-state index contributed by atoms with van der Waals surface area (Å²) in [5.41, 5.74) is 2.63. The first-order valence-corrected chi connectivity index (χ1v) is 11.9. The summed E-state index contributed by atoms with van der Waals surface area (Å²) < 4.78 is 0. The molecule has 0 saturated carbocycles. The number of hydrogen-bond acceptors (Lipinski definition) is 5. The van der Waals surface area contributed by atoms with E-state index in [0.717, 1.165) is 16.3 Å². The number of imidazole rings is 1. The summed E-state index contributed by atoms with van der Waals surface area (Å²) in [4.78, 5) is 34.9. The topological polar surface area (TPSA) is 122 Å². The minimum atomic E-state index is -1.83. The third-order valence-corrected chi connectivity index (χ3v) is 6.70. The molecule has 5 aromatic rings. The number of benzene rings is 4. The van der Waals surface area contributed by atoms with Crippen LogP contribution in [0.1, 0.15) is 21.5 Å². The van der Waals surface area contributed by atoms with Gasteiger partial charge in [0, 0.05) is 40.8 Å². The Morgan fingerprint density at radius 2 is 1.68 bits per heavy atom. The molecule has 38 heavy (non-hydrogen) atoms. The average molecular weight is 506 g/mol. The number of H-pyrrole nitrogens is 1. The molecule has 2 amide bonds. The number of aromatic nitrogens is 2. The van der Waals surface area contributed by atoms with Crippen LogP contribution in [0.25, 0.3) is 11.0 Å². The normalized spacial score (nSPS) is 16.5. The van der Waals surface area contributed by atoms with Gasteiger partial charge < -0.3 is 20.5 Å². The first kappa shape index (κ1) is 23.3. The number of carbonyl (C=O) groups excluding carboxylic acids is 1. The number of hydrogen-bond donors (Lipinski definition) is 4. The van der Waals surface area contributed by atoms with Crippen molar-refractivity contribution in [1.82, 2.24) is 9.97 Å². The van der Waals surface area contributed by atoms with Gasteiger partial charge in [0.2, 0.25) is 5.95 Å². The van der Waals surface area contributed by atoms with Gasteiger partial charge in [-0.25, -0.2) is 9.78 Å². The fourth-order valence-corrected chi connectivity index (χ4v) is 4.82. The molecule has 0 aliphatic carbocycles. The van der Waals surface area contributed by atoms with Crippen LogP contribution in [0.3, 0.4) is 0 Å². The zero-order chi connectivity index (χ0) is 26.4. The molecule has 0 bridgehead atoms. The highest BCUT2D eigenvalue weighted by molar-refractivity contribution is 6.12. The monoisotopic (exact) mass is 505 g/mol. The lowest BCUT2D eigenvalue weighted by atomic mass is 9.93. The van der Waals surface area contributed by atoms with Gasteiger partial charge in [-0.15, -0.1) is 0 Å². The van der Waals surface area contributed by atoms with Crippen LogP contribution in [0.5, 0.6) is 0 Å². The molecular formula is C29H23N5O4. The van der Waals surface area contributed by atoms with E-state index in [0.29, 0.717) is 33.4 Å². The number of rotatable bonds is 5. The Hall–Kier alpha value is -5.15. The van der Waals surface area contributed by atoms with Gasteiger partial charge in [0.15, 0.2) is 5.72 Å². The summed E-state index contributed by atoms with van der Waals surface area (Å²) in [5, 5.41) is 25.0. The number of fused-ring (bicyclic) bond motifs is 2. The Labute approximate surface area is 217 Å². The lowest BCUT2D eigenvalue weighted by Gasteiger charge is -2.35. The van der Waals surface area contributed by atoms with Crippen LogP contribution in [-0.2, 0) is 5.72 Å². The molecule has 0 spiro atoms. The summed E-state index contributed by atoms with van der Waals surface area (Å²) in [6, 6.07) is 29.0. The largest absolute Gasteiger partial charge is 0.465 e. The highest BCUT2D eigenvalue weighted by Crippen LogP contribution is 2.45. The van der Waals surface area contributed by atoms with E-state index >= 15 is 0 Å². The summed E-state index contributed by atoms with van der Waals surface area (Å²) >= 11 is 0. The first-order valence-electron chi connectivity index (χ1n) is 11.9. The number of para-hydroxylation sites is 1. The van der Waals surface area contributed by atoms with Crippen LogP contribution in [0.2, 0.25) is 0 Å². The predicted molar refractivity (Wildman–Crippen MR) is 145 cm³/mol. The van der Waals surface area contributed by atoms with E-state index in [1.165, 1.54) is 11.9 Å². The molecule has 9 nitrogen and oxygen atoms in total. The summed E-state index contributed by atoms with van der Waals surface area (Å²) in [6.07, 6.45) is -1.16. The van der Waals surface area contributed by atoms with Crippen molar-refractivity contribution in [3.63, 3.8) is 0 Å². The van der Waals surface area contributed by atoms with Crippen molar-refractivity contribution in [3.8, 4) is 0 Å². The van der Waals surface area contributed by atoms with Crippen molar-refractivity contribution in [3.05, 3.63) is 114 Å². The summed E-state index contributed by atoms with van der Waals surface area (Å²) in [5.74, 6) is -0.190. The molecule has 1 unspecified atom stereocenters. The molecule has 1 atom stereocenters. The number of carbonyl (C=O) groups is 2. The Bertz CT molecular complexity index is 1700. The zero-order valence-electron chi connectivity index (χ0n) is 20.3. The number of nitrogens with one attached hydrogen (secondary N) is 2. The van der Waals surface area contributed by atoms with Crippen LogP contribution in [-0.4, -0.2) is 39.2 Å². The number of aliphatic hydroxyl groups is 1. The highest BCUT2D eigenvalue weighted by atomic mass is 16.4. The number of amides is 2. The number of anilines is 4. The molecule has 0 fully saturated rings. The van der Waals surface area contributed by atoms with Gasteiger partial charge in [-0.2, -0.15) is 0 Å².